The molecule has 0 bridgehead atoms. The van der Waals surface area contributed by atoms with Gasteiger partial charge in [-0.3, -0.25) is 0 Å². The molecule has 0 aromatic carbocycles. The number of nitrogens with two attached hydrogens (primary N) is 1. The number of aromatic nitrogens is 1. The van der Waals surface area contributed by atoms with Crippen LogP contribution in [0.2, 0.25) is 0 Å². The Morgan fingerprint density at radius 2 is 1.88 bits per heavy atom. The Bertz CT molecular complexity index is 447. The molecule has 1 saturated heterocycles. The molecule has 0 amide bonds. The second-order valence-electron chi connectivity index (χ2n) is 4.78. The van der Waals surface area contributed by atoms with Crippen LogP contribution in [0.5, 0.6) is 0 Å². The molecule has 2 N–H and O–H groups in total. The van der Waals surface area contributed by atoms with Crippen LogP contribution < -0.4 is 5.73 Å². The van der Waals surface area contributed by atoms with Crippen molar-refractivity contribution in [3.8, 4) is 6.07 Å². The Kier molecular flexibility index (Phi) is 3.39. The van der Waals surface area contributed by atoms with Gasteiger partial charge >= 0.3 is 0 Å². The van der Waals surface area contributed by atoms with Gasteiger partial charge < -0.3 is 15.2 Å². The normalized spacial score (nSPS) is 16.3. The van der Waals surface area contributed by atoms with Crippen molar-refractivity contribution in [2.24, 2.45) is 0 Å². The standard InChI is InChI=1S/C13H20N4/c1-10-11(2)17(13(15)12(10)9-14)8-7-16-5-3-4-6-16/h3-8,15H2,1-2H3. The zero-order valence-electron chi connectivity index (χ0n) is 10.7. The summed E-state index contributed by atoms with van der Waals surface area (Å²) >= 11 is 0. The van der Waals surface area contributed by atoms with Crippen molar-refractivity contribution in [3.05, 3.63) is 16.8 Å². The molecule has 4 heteroatoms. The van der Waals surface area contributed by atoms with Crippen LogP contribution in [0.4, 0.5) is 5.82 Å². The molecule has 1 aromatic heterocycles. The van der Waals surface area contributed by atoms with Gasteiger partial charge in [0.2, 0.25) is 0 Å². The van der Waals surface area contributed by atoms with Gasteiger partial charge in [0.25, 0.3) is 0 Å². The summed E-state index contributed by atoms with van der Waals surface area (Å²) in [6.45, 7) is 8.33. The van der Waals surface area contributed by atoms with E-state index in [1.165, 1.54) is 25.9 Å². The molecule has 0 saturated carbocycles. The van der Waals surface area contributed by atoms with E-state index in [9.17, 15) is 0 Å². The number of hydrogen-bond acceptors (Lipinski definition) is 3. The Morgan fingerprint density at radius 3 is 2.41 bits per heavy atom. The minimum Gasteiger partial charge on any atom is -0.384 e. The molecule has 0 atom stereocenters. The summed E-state index contributed by atoms with van der Waals surface area (Å²) < 4.78 is 2.08. The number of nitrogens with zero attached hydrogens (tertiary/aromatic N) is 3. The summed E-state index contributed by atoms with van der Waals surface area (Å²) in [7, 11) is 0. The lowest BCUT2D eigenvalue weighted by molar-refractivity contribution is 0.322. The summed E-state index contributed by atoms with van der Waals surface area (Å²) in [5.41, 5.74) is 8.81. The van der Waals surface area contributed by atoms with Gasteiger partial charge in [-0.05, 0) is 45.3 Å². The molecule has 0 unspecified atom stereocenters. The Labute approximate surface area is 103 Å². The first-order valence-corrected chi connectivity index (χ1v) is 6.22. The van der Waals surface area contributed by atoms with Gasteiger partial charge in [-0.1, -0.05) is 0 Å². The van der Waals surface area contributed by atoms with E-state index in [1.54, 1.807) is 0 Å². The molecular weight excluding hydrogens is 212 g/mol. The second-order valence-corrected chi connectivity index (χ2v) is 4.78. The number of hydrogen-bond donors (Lipinski definition) is 1. The van der Waals surface area contributed by atoms with Gasteiger partial charge in [0.15, 0.2) is 0 Å². The minimum absolute atomic E-state index is 0.627. The van der Waals surface area contributed by atoms with Gasteiger partial charge in [0, 0.05) is 18.8 Å². The smallest absolute Gasteiger partial charge is 0.122 e. The molecule has 1 aliphatic heterocycles. The quantitative estimate of drug-likeness (QED) is 0.862. The van der Waals surface area contributed by atoms with Crippen molar-refractivity contribution >= 4 is 5.82 Å². The first-order chi connectivity index (χ1) is 8.15. The zero-order chi connectivity index (χ0) is 12.4. The topological polar surface area (TPSA) is 58.0 Å². The minimum atomic E-state index is 0.627. The summed E-state index contributed by atoms with van der Waals surface area (Å²) in [6, 6.07) is 2.19. The maximum absolute atomic E-state index is 9.06. The van der Waals surface area contributed by atoms with E-state index < -0.39 is 0 Å². The molecule has 2 heterocycles. The first-order valence-electron chi connectivity index (χ1n) is 6.22. The van der Waals surface area contributed by atoms with Crippen LogP contribution in [0.15, 0.2) is 0 Å². The largest absolute Gasteiger partial charge is 0.384 e. The summed E-state index contributed by atoms with van der Waals surface area (Å²) in [4.78, 5) is 2.46. The summed E-state index contributed by atoms with van der Waals surface area (Å²) in [5.74, 6) is 0.627. The van der Waals surface area contributed by atoms with Crippen molar-refractivity contribution in [3.63, 3.8) is 0 Å². The molecule has 2 rings (SSSR count). The maximum atomic E-state index is 9.06. The lowest BCUT2D eigenvalue weighted by atomic mass is 10.2. The fraction of sp³-hybridized carbons (Fsp3) is 0.615. The summed E-state index contributed by atoms with van der Waals surface area (Å²) in [6.07, 6.45) is 2.62. The SMILES string of the molecule is Cc1c(C#N)c(N)n(CCN2CCCC2)c1C. The van der Waals surface area contributed by atoms with Crippen molar-refractivity contribution in [2.75, 3.05) is 25.4 Å². The predicted octanol–water partition coefficient (Wildman–Crippen LogP) is 1.65. The maximum Gasteiger partial charge on any atom is 0.122 e. The lowest BCUT2D eigenvalue weighted by Gasteiger charge is -2.16. The van der Waals surface area contributed by atoms with Crippen LogP contribution in [-0.2, 0) is 6.54 Å². The van der Waals surface area contributed by atoms with Gasteiger partial charge in [-0.2, -0.15) is 5.26 Å². The highest BCUT2D eigenvalue weighted by molar-refractivity contribution is 5.57. The van der Waals surface area contributed by atoms with Gasteiger partial charge in [0.05, 0.1) is 5.56 Å². The highest BCUT2D eigenvalue weighted by Crippen LogP contribution is 2.23. The van der Waals surface area contributed by atoms with E-state index in [0.717, 1.165) is 24.3 Å². The predicted molar refractivity (Wildman–Crippen MR) is 68.7 cm³/mol. The van der Waals surface area contributed by atoms with E-state index in [2.05, 4.69) is 15.5 Å². The van der Waals surface area contributed by atoms with Gasteiger partial charge in [-0.25, -0.2) is 0 Å². The van der Waals surface area contributed by atoms with E-state index in [1.807, 2.05) is 13.8 Å². The number of anilines is 1. The van der Waals surface area contributed by atoms with Crippen LogP contribution in [0, 0.1) is 25.2 Å². The third-order valence-electron chi connectivity index (χ3n) is 3.82. The molecule has 0 radical (unpaired) electrons. The fourth-order valence-electron chi connectivity index (χ4n) is 2.57. The van der Waals surface area contributed by atoms with Gasteiger partial charge in [-0.15, -0.1) is 0 Å². The molecule has 1 fully saturated rings. The Balaban J connectivity index is 2.13. The third kappa shape index (κ3) is 2.16. The van der Waals surface area contributed by atoms with Crippen molar-refractivity contribution in [2.45, 2.75) is 33.2 Å². The Morgan fingerprint density at radius 1 is 1.24 bits per heavy atom. The molecule has 0 spiro atoms. The van der Waals surface area contributed by atoms with Crippen LogP contribution in [0.1, 0.15) is 29.7 Å². The monoisotopic (exact) mass is 232 g/mol. The highest BCUT2D eigenvalue weighted by atomic mass is 15.2. The van der Waals surface area contributed by atoms with Crippen LogP contribution >= 0.6 is 0 Å². The van der Waals surface area contributed by atoms with Crippen molar-refractivity contribution < 1.29 is 0 Å². The van der Waals surface area contributed by atoms with E-state index in [0.29, 0.717) is 11.4 Å². The molecule has 1 aliphatic rings. The summed E-state index contributed by atoms with van der Waals surface area (Å²) in [5, 5.41) is 9.06. The molecule has 92 valence electrons. The molecule has 4 nitrogen and oxygen atoms in total. The zero-order valence-corrected chi connectivity index (χ0v) is 10.7. The first kappa shape index (κ1) is 12.0. The molecule has 17 heavy (non-hydrogen) atoms. The highest BCUT2D eigenvalue weighted by Gasteiger charge is 2.16. The average molecular weight is 232 g/mol. The molecular formula is C13H20N4. The number of likely N-dealkylation sites (tertiary alicyclic amines) is 1. The molecule has 1 aromatic rings. The van der Waals surface area contributed by atoms with Crippen LogP contribution in [-0.4, -0.2) is 29.1 Å². The van der Waals surface area contributed by atoms with Crippen LogP contribution in [0.25, 0.3) is 0 Å². The second kappa shape index (κ2) is 4.80. The van der Waals surface area contributed by atoms with Crippen molar-refractivity contribution in [1.82, 2.24) is 9.47 Å². The fourth-order valence-corrected chi connectivity index (χ4v) is 2.57. The van der Waals surface area contributed by atoms with Gasteiger partial charge in [0.1, 0.15) is 11.9 Å². The number of nitrogen functional groups attached to an aromatic ring is 1. The number of nitriles is 1. The third-order valence-corrected chi connectivity index (χ3v) is 3.82. The van der Waals surface area contributed by atoms with E-state index >= 15 is 0 Å². The van der Waals surface area contributed by atoms with E-state index in [4.69, 9.17) is 11.0 Å². The van der Waals surface area contributed by atoms with E-state index in [-0.39, 0.29) is 0 Å². The van der Waals surface area contributed by atoms with Crippen molar-refractivity contribution in [1.29, 1.82) is 5.26 Å². The number of rotatable bonds is 3. The Hall–Kier alpha value is -1.47. The average Bonchev–Trinajstić information content (AvgIpc) is 2.88. The molecule has 0 aliphatic carbocycles. The lowest BCUT2D eigenvalue weighted by Crippen LogP contribution is -2.24. The van der Waals surface area contributed by atoms with Crippen LogP contribution in [0.3, 0.4) is 0 Å².